The van der Waals surface area contributed by atoms with Crippen molar-refractivity contribution in [3.8, 4) is 5.75 Å². The Morgan fingerprint density at radius 2 is 1.73 bits per heavy atom. The first-order chi connectivity index (χ1) is 14.2. The van der Waals surface area contributed by atoms with E-state index < -0.39 is 21.5 Å². The number of primary sulfonamides is 1. The van der Waals surface area contributed by atoms with Gasteiger partial charge in [0.05, 0.1) is 12.0 Å². The molecule has 0 unspecified atom stereocenters. The van der Waals surface area contributed by atoms with E-state index >= 15 is 0 Å². The van der Waals surface area contributed by atoms with Crippen LogP contribution in [0, 0.1) is 0 Å². The van der Waals surface area contributed by atoms with Crippen LogP contribution in [0.2, 0.25) is 0 Å². The lowest BCUT2D eigenvalue weighted by atomic mass is 10.1. The third-order valence-electron chi connectivity index (χ3n) is 4.26. The average Bonchev–Trinajstić information content (AvgIpc) is 2.72. The summed E-state index contributed by atoms with van der Waals surface area (Å²) in [5.41, 5.74) is 1.12. The molecule has 0 aliphatic rings. The molecule has 3 aromatic rings. The lowest BCUT2D eigenvalue weighted by molar-refractivity contribution is 0.0945. The van der Waals surface area contributed by atoms with Gasteiger partial charge in [0.1, 0.15) is 17.3 Å². The molecule has 9 nitrogen and oxygen atoms in total. The Bertz CT molecular complexity index is 1200. The summed E-state index contributed by atoms with van der Waals surface area (Å²) < 4.78 is 27.7. The van der Waals surface area contributed by atoms with Gasteiger partial charge in [-0.1, -0.05) is 24.3 Å². The van der Waals surface area contributed by atoms with Gasteiger partial charge in [-0.3, -0.25) is 9.59 Å². The highest BCUT2D eigenvalue weighted by Gasteiger charge is 2.12. The van der Waals surface area contributed by atoms with E-state index in [0.717, 1.165) is 11.6 Å². The fourth-order valence-corrected chi connectivity index (χ4v) is 3.23. The maximum absolute atomic E-state index is 12.4. The Balaban J connectivity index is 1.69. The molecular formula is C20H20N4O5S. The fourth-order valence-electron chi connectivity index (χ4n) is 2.71. The number of hydrogen-bond donors (Lipinski definition) is 3. The van der Waals surface area contributed by atoms with Gasteiger partial charge in [0.15, 0.2) is 0 Å². The van der Waals surface area contributed by atoms with Gasteiger partial charge in [0, 0.05) is 19.0 Å². The zero-order valence-electron chi connectivity index (χ0n) is 16.1. The number of benzene rings is 2. The highest BCUT2D eigenvalue weighted by atomic mass is 32.2. The first kappa shape index (κ1) is 21.2. The minimum atomic E-state index is -3.78. The molecule has 4 N–H and O–H groups in total. The topological polar surface area (TPSA) is 144 Å². The van der Waals surface area contributed by atoms with Crippen LogP contribution in [-0.4, -0.2) is 31.4 Å². The van der Waals surface area contributed by atoms with E-state index in [1.165, 1.54) is 12.1 Å². The van der Waals surface area contributed by atoms with Gasteiger partial charge in [0.25, 0.3) is 11.5 Å². The molecule has 0 atom stereocenters. The Morgan fingerprint density at radius 3 is 2.33 bits per heavy atom. The second kappa shape index (κ2) is 8.89. The van der Waals surface area contributed by atoms with E-state index in [1.54, 1.807) is 31.4 Å². The van der Waals surface area contributed by atoms with Crippen molar-refractivity contribution >= 4 is 15.9 Å². The number of H-pyrrole nitrogens is 1. The maximum atomic E-state index is 12.4. The van der Waals surface area contributed by atoms with Crippen molar-refractivity contribution < 1.29 is 17.9 Å². The van der Waals surface area contributed by atoms with Gasteiger partial charge in [-0.2, -0.15) is 0 Å². The van der Waals surface area contributed by atoms with Crippen LogP contribution in [0.3, 0.4) is 0 Å². The number of nitrogens with two attached hydrogens (primary N) is 1. The summed E-state index contributed by atoms with van der Waals surface area (Å²) in [6.07, 6.45) is 0.343. The molecule has 0 fully saturated rings. The number of nitrogens with zero attached hydrogens (tertiary/aromatic N) is 1. The summed E-state index contributed by atoms with van der Waals surface area (Å²) in [7, 11) is -2.20. The summed E-state index contributed by atoms with van der Waals surface area (Å²) in [6, 6.07) is 14.2. The quantitative estimate of drug-likeness (QED) is 0.511. The minimum Gasteiger partial charge on any atom is -0.497 e. The Kier molecular flexibility index (Phi) is 6.28. The van der Waals surface area contributed by atoms with E-state index in [1.807, 2.05) is 12.1 Å². The minimum absolute atomic E-state index is 0.0107. The molecule has 0 saturated heterocycles. The van der Waals surface area contributed by atoms with Crippen LogP contribution >= 0.6 is 0 Å². The molecule has 1 heterocycles. The van der Waals surface area contributed by atoms with Crippen molar-refractivity contribution in [2.75, 3.05) is 7.11 Å². The van der Waals surface area contributed by atoms with Crippen LogP contribution < -0.4 is 20.8 Å². The van der Waals surface area contributed by atoms with E-state index in [9.17, 15) is 18.0 Å². The van der Waals surface area contributed by atoms with Crippen LogP contribution in [0.4, 0.5) is 0 Å². The molecule has 10 heteroatoms. The standard InChI is InChI=1S/C20H20N4O5S/c1-29-15-6-2-13(3-7-15)10-18-23-17(11-19(25)24-18)20(26)22-12-14-4-8-16(9-5-14)30(21,27)28/h2-9,11H,10,12H2,1H3,(H,22,26)(H2,21,27,28)(H,23,24,25). The summed E-state index contributed by atoms with van der Waals surface area (Å²) in [4.78, 5) is 31.2. The molecule has 1 aromatic heterocycles. The second-order valence-electron chi connectivity index (χ2n) is 6.47. The van der Waals surface area contributed by atoms with E-state index in [0.29, 0.717) is 23.6 Å². The third kappa shape index (κ3) is 5.52. The van der Waals surface area contributed by atoms with Gasteiger partial charge in [-0.25, -0.2) is 18.5 Å². The molecule has 1 amide bonds. The number of methoxy groups -OCH3 is 1. The van der Waals surface area contributed by atoms with Crippen LogP contribution in [0.25, 0.3) is 0 Å². The van der Waals surface area contributed by atoms with Crippen molar-refractivity contribution in [1.29, 1.82) is 0 Å². The smallest absolute Gasteiger partial charge is 0.270 e. The lowest BCUT2D eigenvalue weighted by Gasteiger charge is -2.07. The summed E-state index contributed by atoms with van der Waals surface area (Å²) in [5, 5.41) is 7.71. The largest absolute Gasteiger partial charge is 0.497 e. The first-order valence-corrected chi connectivity index (χ1v) is 10.4. The predicted octanol–water partition coefficient (Wildman–Crippen LogP) is 0.947. The zero-order valence-corrected chi connectivity index (χ0v) is 16.9. The number of sulfonamides is 1. The molecule has 0 saturated carbocycles. The number of aromatic nitrogens is 2. The summed E-state index contributed by atoms with van der Waals surface area (Å²) in [6.45, 7) is 0.131. The Hall–Kier alpha value is -3.50. The third-order valence-corrected chi connectivity index (χ3v) is 5.19. The first-order valence-electron chi connectivity index (χ1n) is 8.88. The number of carbonyl (C=O) groups is 1. The molecular weight excluding hydrogens is 408 g/mol. The number of ether oxygens (including phenoxy) is 1. The molecule has 0 spiro atoms. The van der Waals surface area contributed by atoms with Gasteiger partial charge in [0.2, 0.25) is 10.0 Å². The number of amides is 1. The molecule has 30 heavy (non-hydrogen) atoms. The van der Waals surface area contributed by atoms with Crippen LogP contribution in [0.15, 0.2) is 64.3 Å². The number of carbonyl (C=O) groups excluding carboxylic acids is 1. The van der Waals surface area contributed by atoms with Crippen LogP contribution in [0.5, 0.6) is 5.75 Å². The summed E-state index contributed by atoms with van der Waals surface area (Å²) >= 11 is 0. The predicted molar refractivity (Wildman–Crippen MR) is 110 cm³/mol. The molecule has 0 aliphatic carbocycles. The number of hydrogen-bond acceptors (Lipinski definition) is 6. The highest BCUT2D eigenvalue weighted by molar-refractivity contribution is 7.89. The lowest BCUT2D eigenvalue weighted by Crippen LogP contribution is -2.26. The van der Waals surface area contributed by atoms with Crippen molar-refractivity contribution in [3.63, 3.8) is 0 Å². The zero-order chi connectivity index (χ0) is 21.7. The Labute approximate surface area is 173 Å². The maximum Gasteiger partial charge on any atom is 0.270 e. The molecule has 3 rings (SSSR count). The van der Waals surface area contributed by atoms with Crippen LogP contribution in [-0.2, 0) is 23.0 Å². The van der Waals surface area contributed by atoms with Crippen molar-refractivity contribution in [1.82, 2.24) is 15.3 Å². The van der Waals surface area contributed by atoms with Crippen molar-refractivity contribution in [2.24, 2.45) is 5.14 Å². The van der Waals surface area contributed by atoms with Gasteiger partial charge >= 0.3 is 0 Å². The van der Waals surface area contributed by atoms with E-state index in [2.05, 4.69) is 15.3 Å². The van der Waals surface area contributed by atoms with Crippen molar-refractivity contribution in [2.45, 2.75) is 17.9 Å². The molecule has 2 aromatic carbocycles. The average molecular weight is 428 g/mol. The van der Waals surface area contributed by atoms with Crippen molar-refractivity contribution in [3.05, 3.63) is 87.6 Å². The SMILES string of the molecule is COc1ccc(Cc2nc(C(=O)NCc3ccc(S(N)(=O)=O)cc3)cc(=O)[nH]2)cc1. The summed E-state index contributed by atoms with van der Waals surface area (Å²) in [5.74, 6) is 0.549. The fraction of sp³-hybridized carbons (Fsp3) is 0.150. The highest BCUT2D eigenvalue weighted by Crippen LogP contribution is 2.13. The van der Waals surface area contributed by atoms with Gasteiger partial charge in [-0.15, -0.1) is 0 Å². The Morgan fingerprint density at radius 1 is 1.10 bits per heavy atom. The molecule has 0 aliphatic heterocycles. The normalized spacial score (nSPS) is 11.1. The number of aromatic amines is 1. The number of nitrogens with one attached hydrogen (secondary N) is 2. The van der Waals surface area contributed by atoms with E-state index in [4.69, 9.17) is 9.88 Å². The second-order valence-corrected chi connectivity index (χ2v) is 8.04. The van der Waals surface area contributed by atoms with Crippen LogP contribution in [0.1, 0.15) is 27.4 Å². The monoisotopic (exact) mass is 428 g/mol. The molecule has 0 radical (unpaired) electrons. The molecule has 0 bridgehead atoms. The van der Waals surface area contributed by atoms with Gasteiger partial charge < -0.3 is 15.0 Å². The molecule has 156 valence electrons. The number of rotatable bonds is 7. The van der Waals surface area contributed by atoms with E-state index in [-0.39, 0.29) is 17.1 Å². The van der Waals surface area contributed by atoms with Gasteiger partial charge in [-0.05, 0) is 35.4 Å².